The zero-order chi connectivity index (χ0) is 14.4. The fourth-order valence-electron chi connectivity index (χ4n) is 3.10. The Bertz CT molecular complexity index is 494. The second-order valence-corrected chi connectivity index (χ2v) is 6.15. The number of ether oxygens (including phenoxy) is 2. The van der Waals surface area contributed by atoms with Crippen molar-refractivity contribution < 1.29 is 14.6 Å². The van der Waals surface area contributed by atoms with Gasteiger partial charge in [-0.2, -0.15) is 0 Å². The Labute approximate surface area is 115 Å². The van der Waals surface area contributed by atoms with Crippen LogP contribution in [0, 0.1) is 20.8 Å². The predicted molar refractivity (Wildman–Crippen MR) is 76.0 cm³/mol. The Morgan fingerprint density at radius 1 is 1.21 bits per heavy atom. The molecule has 0 aromatic heterocycles. The number of methoxy groups -OCH3 is 1. The Hall–Kier alpha value is -1.06. The molecule has 1 aromatic rings. The quantitative estimate of drug-likeness (QED) is 0.912. The van der Waals surface area contributed by atoms with Crippen LogP contribution in [0.1, 0.15) is 36.1 Å². The summed E-state index contributed by atoms with van der Waals surface area (Å²) in [4.78, 5) is 0. The lowest BCUT2D eigenvalue weighted by atomic mass is 9.64. The highest BCUT2D eigenvalue weighted by Crippen LogP contribution is 2.46. The summed E-state index contributed by atoms with van der Waals surface area (Å²) in [5.41, 5.74) is 3.59. The summed E-state index contributed by atoms with van der Waals surface area (Å²) in [7, 11) is 1.69. The summed E-state index contributed by atoms with van der Waals surface area (Å²) in [5.74, 6) is 0.907. The van der Waals surface area contributed by atoms with Crippen molar-refractivity contribution in [2.45, 2.75) is 45.6 Å². The molecule has 3 nitrogen and oxygen atoms in total. The average molecular weight is 264 g/mol. The molecule has 1 aromatic carbocycles. The van der Waals surface area contributed by atoms with Crippen LogP contribution in [0.2, 0.25) is 0 Å². The zero-order valence-corrected chi connectivity index (χ0v) is 12.8. The molecule has 0 spiro atoms. The molecular weight excluding hydrogens is 240 g/mol. The third-order valence-corrected chi connectivity index (χ3v) is 4.62. The summed E-state index contributed by atoms with van der Waals surface area (Å²) < 4.78 is 10.9. The van der Waals surface area contributed by atoms with Gasteiger partial charge in [0.1, 0.15) is 5.75 Å². The van der Waals surface area contributed by atoms with Crippen LogP contribution in [0.5, 0.6) is 5.75 Å². The minimum absolute atomic E-state index is 0.307. The van der Waals surface area contributed by atoms with Gasteiger partial charge in [-0.05, 0) is 62.9 Å². The van der Waals surface area contributed by atoms with Gasteiger partial charge in [0.25, 0.3) is 0 Å². The third kappa shape index (κ3) is 1.96. The van der Waals surface area contributed by atoms with E-state index in [1.54, 1.807) is 7.11 Å². The van der Waals surface area contributed by atoms with E-state index in [2.05, 4.69) is 26.8 Å². The molecule has 1 N–H and O–H groups in total. The fourth-order valence-corrected chi connectivity index (χ4v) is 3.10. The highest BCUT2D eigenvalue weighted by Gasteiger charge is 2.53. The molecular formula is C16H24O3. The molecule has 1 fully saturated rings. The highest BCUT2D eigenvalue weighted by atomic mass is 16.5. The number of aliphatic hydroxyl groups is 1. The van der Waals surface area contributed by atoms with Crippen LogP contribution >= 0.6 is 0 Å². The van der Waals surface area contributed by atoms with E-state index in [9.17, 15) is 5.11 Å². The molecule has 0 radical (unpaired) electrons. The minimum atomic E-state index is -0.804. The van der Waals surface area contributed by atoms with Crippen molar-refractivity contribution in [1.29, 1.82) is 0 Å². The van der Waals surface area contributed by atoms with Gasteiger partial charge in [0.15, 0.2) is 0 Å². The molecule has 1 heterocycles. The van der Waals surface area contributed by atoms with Crippen molar-refractivity contribution in [1.82, 2.24) is 0 Å². The molecule has 19 heavy (non-hydrogen) atoms. The standard InChI is InChI=1S/C16H24O3/c1-10-7-13(18-6)11(2)12(3)14(10)16(8-19-9-16)15(4,5)17/h7,17H,8-9H2,1-6H3. The molecule has 0 atom stereocenters. The lowest BCUT2D eigenvalue weighted by molar-refractivity contribution is -0.158. The second kappa shape index (κ2) is 4.50. The summed E-state index contributed by atoms with van der Waals surface area (Å²) >= 11 is 0. The molecule has 1 saturated heterocycles. The van der Waals surface area contributed by atoms with Crippen molar-refractivity contribution in [3.05, 3.63) is 28.3 Å². The fraction of sp³-hybridized carbons (Fsp3) is 0.625. The van der Waals surface area contributed by atoms with Gasteiger partial charge >= 0.3 is 0 Å². The number of hydrogen-bond acceptors (Lipinski definition) is 3. The van der Waals surface area contributed by atoms with E-state index >= 15 is 0 Å². The largest absolute Gasteiger partial charge is 0.496 e. The van der Waals surface area contributed by atoms with Crippen molar-refractivity contribution >= 4 is 0 Å². The maximum Gasteiger partial charge on any atom is 0.122 e. The van der Waals surface area contributed by atoms with E-state index in [1.807, 2.05) is 13.8 Å². The molecule has 0 unspecified atom stereocenters. The van der Waals surface area contributed by atoms with E-state index in [1.165, 1.54) is 11.1 Å². The number of aryl methyl sites for hydroxylation is 1. The first kappa shape index (κ1) is 14.4. The van der Waals surface area contributed by atoms with E-state index in [0.717, 1.165) is 16.9 Å². The SMILES string of the molecule is COc1cc(C)c(C2(C(C)(C)O)COC2)c(C)c1C. The molecule has 106 valence electrons. The summed E-state index contributed by atoms with van der Waals surface area (Å²) in [5, 5.41) is 10.6. The van der Waals surface area contributed by atoms with Gasteiger partial charge in [0, 0.05) is 0 Å². The first-order chi connectivity index (χ1) is 8.74. The van der Waals surface area contributed by atoms with Crippen LogP contribution in [0.4, 0.5) is 0 Å². The molecule has 3 heteroatoms. The molecule has 0 amide bonds. The van der Waals surface area contributed by atoms with Crippen molar-refractivity contribution in [2.75, 3.05) is 20.3 Å². The molecule has 0 saturated carbocycles. The van der Waals surface area contributed by atoms with E-state index < -0.39 is 5.60 Å². The molecule has 2 rings (SSSR count). The van der Waals surface area contributed by atoms with Crippen LogP contribution in [-0.2, 0) is 10.2 Å². The van der Waals surface area contributed by atoms with Crippen LogP contribution in [0.3, 0.4) is 0 Å². The van der Waals surface area contributed by atoms with Gasteiger partial charge < -0.3 is 14.6 Å². The predicted octanol–water partition coefficient (Wildman–Crippen LogP) is 2.66. The maximum atomic E-state index is 10.6. The molecule has 0 aliphatic carbocycles. The monoisotopic (exact) mass is 264 g/mol. The molecule has 0 bridgehead atoms. The van der Waals surface area contributed by atoms with Gasteiger partial charge in [-0.1, -0.05) is 0 Å². The Morgan fingerprint density at radius 3 is 2.16 bits per heavy atom. The smallest absolute Gasteiger partial charge is 0.122 e. The number of hydrogen-bond donors (Lipinski definition) is 1. The lowest BCUT2D eigenvalue weighted by Crippen LogP contribution is -2.61. The van der Waals surface area contributed by atoms with Crippen LogP contribution < -0.4 is 4.74 Å². The summed E-state index contributed by atoms with van der Waals surface area (Å²) in [6, 6.07) is 2.06. The van der Waals surface area contributed by atoms with E-state index in [0.29, 0.717) is 13.2 Å². The van der Waals surface area contributed by atoms with Gasteiger partial charge in [-0.25, -0.2) is 0 Å². The topological polar surface area (TPSA) is 38.7 Å². The average Bonchev–Trinajstić information content (AvgIpc) is 2.24. The maximum absolute atomic E-state index is 10.6. The van der Waals surface area contributed by atoms with Gasteiger partial charge in [-0.15, -0.1) is 0 Å². The Morgan fingerprint density at radius 2 is 1.79 bits per heavy atom. The second-order valence-electron chi connectivity index (χ2n) is 6.15. The van der Waals surface area contributed by atoms with Gasteiger partial charge in [0.2, 0.25) is 0 Å². The van der Waals surface area contributed by atoms with E-state index in [-0.39, 0.29) is 5.41 Å². The van der Waals surface area contributed by atoms with Crippen molar-refractivity contribution in [3.63, 3.8) is 0 Å². The van der Waals surface area contributed by atoms with Gasteiger partial charge in [0.05, 0.1) is 31.3 Å². The highest BCUT2D eigenvalue weighted by molar-refractivity contribution is 5.53. The molecule has 1 aliphatic rings. The Balaban J connectivity index is 2.66. The minimum Gasteiger partial charge on any atom is -0.496 e. The lowest BCUT2D eigenvalue weighted by Gasteiger charge is -2.51. The van der Waals surface area contributed by atoms with Crippen LogP contribution in [-0.4, -0.2) is 31.0 Å². The summed E-state index contributed by atoms with van der Waals surface area (Å²) in [6.45, 7) is 11.1. The summed E-state index contributed by atoms with van der Waals surface area (Å²) in [6.07, 6.45) is 0. The van der Waals surface area contributed by atoms with Crippen LogP contribution in [0.15, 0.2) is 6.07 Å². The molecule has 1 aliphatic heterocycles. The third-order valence-electron chi connectivity index (χ3n) is 4.62. The Kier molecular flexibility index (Phi) is 3.40. The number of rotatable bonds is 3. The number of benzene rings is 1. The first-order valence-electron chi connectivity index (χ1n) is 6.70. The van der Waals surface area contributed by atoms with Gasteiger partial charge in [-0.3, -0.25) is 0 Å². The van der Waals surface area contributed by atoms with Crippen molar-refractivity contribution in [3.8, 4) is 5.75 Å². The first-order valence-corrected chi connectivity index (χ1v) is 6.70. The zero-order valence-electron chi connectivity index (χ0n) is 12.8. The van der Waals surface area contributed by atoms with E-state index in [4.69, 9.17) is 9.47 Å². The normalized spacial score (nSPS) is 18.1. The van der Waals surface area contributed by atoms with Crippen molar-refractivity contribution in [2.24, 2.45) is 0 Å². The van der Waals surface area contributed by atoms with Crippen LogP contribution in [0.25, 0.3) is 0 Å².